The molecule has 1 saturated carbocycles. The van der Waals surface area contributed by atoms with Crippen LogP contribution in [0.25, 0.3) is 0 Å². The van der Waals surface area contributed by atoms with E-state index in [1.807, 2.05) is 0 Å². The lowest BCUT2D eigenvalue weighted by Gasteiger charge is -2.11. The molecule has 0 radical (unpaired) electrons. The van der Waals surface area contributed by atoms with Gasteiger partial charge in [-0.3, -0.25) is 4.79 Å². The number of hydrogen-bond donors (Lipinski definition) is 1. The highest BCUT2D eigenvalue weighted by Crippen LogP contribution is 2.28. The predicted octanol–water partition coefficient (Wildman–Crippen LogP) is 1.26. The first-order valence-electron chi connectivity index (χ1n) is 4.03. The number of amides is 1. The van der Waals surface area contributed by atoms with Crippen molar-refractivity contribution in [3.8, 4) is 0 Å². The molecule has 1 fully saturated rings. The van der Waals surface area contributed by atoms with E-state index in [4.69, 9.17) is 0 Å². The van der Waals surface area contributed by atoms with Gasteiger partial charge < -0.3 is 5.32 Å². The largest absolute Gasteiger partial charge is 0.353 e. The van der Waals surface area contributed by atoms with E-state index in [1.165, 1.54) is 0 Å². The van der Waals surface area contributed by atoms with Gasteiger partial charge in [-0.15, -0.1) is 0 Å². The monoisotopic (exact) mass is 173 g/mol. The molecule has 1 amide bonds. The summed E-state index contributed by atoms with van der Waals surface area (Å²) in [6, 6.07) is 0.332. The minimum Gasteiger partial charge on any atom is -0.353 e. The standard InChI is InChI=1S/C8H15NOS/c1-6(5-11-2)9-8(10)7-3-4-7/h6-7H,3-5H2,1-2H3,(H,9,10). The van der Waals surface area contributed by atoms with Crippen molar-refractivity contribution in [1.82, 2.24) is 5.32 Å². The predicted molar refractivity (Wildman–Crippen MR) is 48.7 cm³/mol. The Bertz CT molecular complexity index is 145. The molecule has 1 atom stereocenters. The van der Waals surface area contributed by atoms with Gasteiger partial charge in [-0.1, -0.05) is 0 Å². The Labute approximate surface area is 72.1 Å². The molecular weight excluding hydrogens is 158 g/mol. The van der Waals surface area contributed by atoms with Gasteiger partial charge in [-0.2, -0.15) is 11.8 Å². The lowest BCUT2D eigenvalue weighted by Crippen LogP contribution is -2.35. The number of rotatable bonds is 4. The normalized spacial score (nSPS) is 19.5. The molecule has 0 bridgehead atoms. The molecule has 1 unspecified atom stereocenters. The van der Waals surface area contributed by atoms with Crippen molar-refractivity contribution in [3.05, 3.63) is 0 Å². The maximum Gasteiger partial charge on any atom is 0.223 e. The van der Waals surface area contributed by atoms with Crippen LogP contribution in [0.5, 0.6) is 0 Å². The second kappa shape index (κ2) is 4.00. The van der Waals surface area contributed by atoms with Gasteiger partial charge in [-0.25, -0.2) is 0 Å². The molecule has 1 N–H and O–H groups in total. The zero-order chi connectivity index (χ0) is 8.27. The zero-order valence-electron chi connectivity index (χ0n) is 7.09. The van der Waals surface area contributed by atoms with E-state index in [2.05, 4.69) is 18.5 Å². The number of nitrogens with one attached hydrogen (secondary N) is 1. The minimum absolute atomic E-state index is 0.256. The summed E-state index contributed by atoms with van der Waals surface area (Å²) in [5.41, 5.74) is 0. The maximum absolute atomic E-state index is 11.2. The van der Waals surface area contributed by atoms with Gasteiger partial charge in [0.25, 0.3) is 0 Å². The van der Waals surface area contributed by atoms with Crippen LogP contribution in [0.3, 0.4) is 0 Å². The molecule has 1 aliphatic rings. The molecule has 0 saturated heterocycles. The van der Waals surface area contributed by atoms with Crippen molar-refractivity contribution < 1.29 is 4.79 Å². The molecule has 0 aliphatic heterocycles. The molecule has 3 heteroatoms. The first kappa shape index (κ1) is 8.91. The van der Waals surface area contributed by atoms with Crippen LogP contribution in [0.15, 0.2) is 0 Å². The number of carbonyl (C=O) groups is 1. The summed E-state index contributed by atoms with van der Waals surface area (Å²) in [5, 5.41) is 2.98. The van der Waals surface area contributed by atoms with Crippen molar-refractivity contribution in [2.45, 2.75) is 25.8 Å². The fourth-order valence-electron chi connectivity index (χ4n) is 0.998. The van der Waals surface area contributed by atoms with Crippen LogP contribution in [0.2, 0.25) is 0 Å². The third-order valence-corrected chi connectivity index (χ3v) is 2.59. The fourth-order valence-corrected chi connectivity index (χ4v) is 1.58. The highest BCUT2D eigenvalue weighted by Gasteiger charge is 2.29. The molecule has 1 rings (SSSR count). The van der Waals surface area contributed by atoms with E-state index in [0.717, 1.165) is 18.6 Å². The lowest BCUT2D eigenvalue weighted by molar-refractivity contribution is -0.122. The molecule has 0 aromatic rings. The van der Waals surface area contributed by atoms with Crippen molar-refractivity contribution in [2.75, 3.05) is 12.0 Å². The Morgan fingerprint density at radius 3 is 2.82 bits per heavy atom. The molecule has 1 aliphatic carbocycles. The molecule has 0 aromatic heterocycles. The van der Waals surface area contributed by atoms with Crippen LogP contribution >= 0.6 is 11.8 Å². The van der Waals surface area contributed by atoms with Crippen molar-refractivity contribution in [3.63, 3.8) is 0 Å². The molecule has 64 valence electrons. The third-order valence-electron chi connectivity index (χ3n) is 1.75. The molecule has 2 nitrogen and oxygen atoms in total. The highest BCUT2D eigenvalue weighted by molar-refractivity contribution is 7.98. The van der Waals surface area contributed by atoms with Crippen LogP contribution < -0.4 is 5.32 Å². The SMILES string of the molecule is CSCC(C)NC(=O)C1CC1. The van der Waals surface area contributed by atoms with Gasteiger partial charge in [0.1, 0.15) is 0 Å². The Kier molecular flexibility index (Phi) is 3.24. The van der Waals surface area contributed by atoms with Gasteiger partial charge in [0.2, 0.25) is 5.91 Å². The summed E-state index contributed by atoms with van der Waals surface area (Å²) >= 11 is 1.77. The van der Waals surface area contributed by atoms with Crippen LogP contribution in [0.4, 0.5) is 0 Å². The smallest absolute Gasteiger partial charge is 0.223 e. The Hall–Kier alpha value is -0.180. The number of carbonyl (C=O) groups excluding carboxylic acids is 1. The van der Waals surface area contributed by atoms with Crippen LogP contribution in [-0.2, 0) is 4.79 Å². The topological polar surface area (TPSA) is 29.1 Å². The third kappa shape index (κ3) is 3.14. The van der Waals surface area contributed by atoms with E-state index in [1.54, 1.807) is 11.8 Å². The van der Waals surface area contributed by atoms with Crippen molar-refractivity contribution >= 4 is 17.7 Å². The lowest BCUT2D eigenvalue weighted by atomic mass is 10.3. The average molecular weight is 173 g/mol. The Morgan fingerprint density at radius 2 is 2.36 bits per heavy atom. The summed E-state index contributed by atoms with van der Waals surface area (Å²) < 4.78 is 0. The molecule has 0 heterocycles. The second-order valence-electron chi connectivity index (χ2n) is 3.14. The van der Waals surface area contributed by atoms with E-state index in [0.29, 0.717) is 12.0 Å². The quantitative estimate of drug-likeness (QED) is 0.693. The summed E-state index contributed by atoms with van der Waals surface area (Å²) in [5.74, 6) is 1.62. The Balaban J connectivity index is 2.12. The fraction of sp³-hybridized carbons (Fsp3) is 0.875. The van der Waals surface area contributed by atoms with Gasteiger partial charge >= 0.3 is 0 Å². The number of thioether (sulfide) groups is 1. The second-order valence-corrected chi connectivity index (χ2v) is 4.05. The van der Waals surface area contributed by atoms with Crippen molar-refractivity contribution in [1.29, 1.82) is 0 Å². The summed E-state index contributed by atoms with van der Waals surface area (Å²) in [6.07, 6.45) is 4.25. The van der Waals surface area contributed by atoms with Crippen LogP contribution in [0, 0.1) is 5.92 Å². The first-order valence-corrected chi connectivity index (χ1v) is 5.42. The van der Waals surface area contributed by atoms with Crippen LogP contribution in [0.1, 0.15) is 19.8 Å². The van der Waals surface area contributed by atoms with Crippen LogP contribution in [-0.4, -0.2) is 24.0 Å². The number of hydrogen-bond acceptors (Lipinski definition) is 2. The molecule has 0 aromatic carbocycles. The summed E-state index contributed by atoms with van der Waals surface area (Å²) in [7, 11) is 0. The van der Waals surface area contributed by atoms with E-state index >= 15 is 0 Å². The van der Waals surface area contributed by atoms with Gasteiger partial charge in [0, 0.05) is 17.7 Å². The first-order chi connectivity index (χ1) is 5.24. The van der Waals surface area contributed by atoms with E-state index in [-0.39, 0.29) is 5.91 Å². The molecular formula is C8H15NOS. The molecule has 0 spiro atoms. The highest BCUT2D eigenvalue weighted by atomic mass is 32.2. The van der Waals surface area contributed by atoms with Crippen molar-refractivity contribution in [2.24, 2.45) is 5.92 Å². The summed E-state index contributed by atoms with van der Waals surface area (Å²) in [4.78, 5) is 11.2. The van der Waals surface area contributed by atoms with Gasteiger partial charge in [0.15, 0.2) is 0 Å². The maximum atomic E-state index is 11.2. The summed E-state index contributed by atoms with van der Waals surface area (Å²) in [6.45, 7) is 2.05. The van der Waals surface area contributed by atoms with Gasteiger partial charge in [-0.05, 0) is 26.0 Å². The molecule has 11 heavy (non-hydrogen) atoms. The van der Waals surface area contributed by atoms with E-state index < -0.39 is 0 Å². The van der Waals surface area contributed by atoms with E-state index in [9.17, 15) is 4.79 Å². The zero-order valence-corrected chi connectivity index (χ0v) is 7.91. The minimum atomic E-state index is 0.256. The van der Waals surface area contributed by atoms with Gasteiger partial charge in [0.05, 0.1) is 0 Å². The average Bonchev–Trinajstić information content (AvgIpc) is 2.67. The Morgan fingerprint density at radius 1 is 1.73 bits per heavy atom.